The SMILES string of the molecule is O=C(c1ccccn1)C(Cl)c1ccccn1. The molecule has 0 spiro atoms. The Hall–Kier alpha value is -1.74. The molecular weight excluding hydrogens is 224 g/mol. The number of hydrogen-bond acceptors (Lipinski definition) is 3. The summed E-state index contributed by atoms with van der Waals surface area (Å²) < 4.78 is 0. The molecule has 3 nitrogen and oxygen atoms in total. The van der Waals surface area contributed by atoms with Crippen molar-refractivity contribution >= 4 is 17.4 Å². The van der Waals surface area contributed by atoms with Crippen molar-refractivity contribution < 1.29 is 4.79 Å². The van der Waals surface area contributed by atoms with E-state index >= 15 is 0 Å². The van der Waals surface area contributed by atoms with Gasteiger partial charge >= 0.3 is 0 Å². The number of halogens is 1. The van der Waals surface area contributed by atoms with Crippen LogP contribution in [-0.4, -0.2) is 15.8 Å². The van der Waals surface area contributed by atoms with Gasteiger partial charge in [0, 0.05) is 12.4 Å². The smallest absolute Gasteiger partial charge is 0.205 e. The van der Waals surface area contributed by atoms with Crippen molar-refractivity contribution in [2.75, 3.05) is 0 Å². The van der Waals surface area contributed by atoms with E-state index < -0.39 is 5.38 Å². The number of aromatic nitrogens is 2. The minimum absolute atomic E-state index is 0.235. The molecule has 0 aromatic carbocycles. The molecule has 0 saturated heterocycles. The summed E-state index contributed by atoms with van der Waals surface area (Å²) in [7, 11) is 0. The van der Waals surface area contributed by atoms with Crippen LogP contribution in [0.1, 0.15) is 21.6 Å². The first kappa shape index (κ1) is 10.8. The molecule has 0 bridgehead atoms. The summed E-state index contributed by atoms with van der Waals surface area (Å²) in [4.78, 5) is 19.9. The highest BCUT2D eigenvalue weighted by atomic mass is 35.5. The Kier molecular flexibility index (Phi) is 3.27. The molecular formula is C12H9ClN2O. The lowest BCUT2D eigenvalue weighted by Crippen LogP contribution is -2.10. The first-order valence-corrected chi connectivity index (χ1v) is 5.23. The fourth-order valence-corrected chi connectivity index (χ4v) is 1.54. The van der Waals surface area contributed by atoms with E-state index in [0.717, 1.165) is 0 Å². The van der Waals surface area contributed by atoms with Crippen molar-refractivity contribution in [3.05, 3.63) is 60.2 Å². The number of nitrogens with zero attached hydrogens (tertiary/aromatic N) is 2. The fourth-order valence-electron chi connectivity index (χ4n) is 1.30. The Morgan fingerprint density at radius 1 is 1.06 bits per heavy atom. The Bertz CT molecular complexity index is 473. The zero-order valence-electron chi connectivity index (χ0n) is 8.38. The Balaban J connectivity index is 2.24. The minimum Gasteiger partial charge on any atom is -0.290 e. The zero-order chi connectivity index (χ0) is 11.4. The molecule has 1 atom stereocenters. The Morgan fingerprint density at radius 2 is 1.75 bits per heavy atom. The standard InChI is InChI=1S/C12H9ClN2O/c13-11(9-5-1-3-7-14-9)12(16)10-6-2-4-8-15-10/h1-8,11H. The third-order valence-electron chi connectivity index (χ3n) is 2.09. The molecule has 16 heavy (non-hydrogen) atoms. The maximum absolute atomic E-state index is 11.9. The molecule has 0 saturated carbocycles. The number of pyridine rings is 2. The Labute approximate surface area is 98.1 Å². The molecule has 2 heterocycles. The second kappa shape index (κ2) is 4.86. The Morgan fingerprint density at radius 3 is 2.31 bits per heavy atom. The van der Waals surface area contributed by atoms with Gasteiger partial charge in [0.25, 0.3) is 0 Å². The molecule has 0 amide bonds. The van der Waals surface area contributed by atoms with Crippen LogP contribution < -0.4 is 0 Å². The third-order valence-corrected chi connectivity index (χ3v) is 2.52. The van der Waals surface area contributed by atoms with Crippen LogP contribution in [0, 0.1) is 0 Å². The van der Waals surface area contributed by atoms with Gasteiger partial charge in [0.1, 0.15) is 11.1 Å². The van der Waals surface area contributed by atoms with Gasteiger partial charge in [0.05, 0.1) is 5.69 Å². The van der Waals surface area contributed by atoms with Crippen LogP contribution in [0.3, 0.4) is 0 Å². The number of ketones is 1. The predicted octanol–water partition coefficient (Wildman–Crippen LogP) is 2.64. The van der Waals surface area contributed by atoms with Gasteiger partial charge in [-0.3, -0.25) is 14.8 Å². The van der Waals surface area contributed by atoms with E-state index in [1.165, 1.54) is 0 Å². The molecule has 2 aromatic heterocycles. The quantitative estimate of drug-likeness (QED) is 0.604. The highest BCUT2D eigenvalue weighted by Gasteiger charge is 2.20. The lowest BCUT2D eigenvalue weighted by Gasteiger charge is -2.06. The third kappa shape index (κ3) is 2.25. The molecule has 0 aliphatic carbocycles. The maximum atomic E-state index is 11.9. The molecule has 0 aliphatic rings. The van der Waals surface area contributed by atoms with Crippen LogP contribution in [-0.2, 0) is 0 Å². The first-order chi connectivity index (χ1) is 7.79. The highest BCUT2D eigenvalue weighted by molar-refractivity contribution is 6.33. The number of carbonyl (C=O) groups is 1. The van der Waals surface area contributed by atoms with Gasteiger partial charge in [0.15, 0.2) is 0 Å². The second-order valence-electron chi connectivity index (χ2n) is 3.20. The molecule has 0 fully saturated rings. The summed E-state index contributed by atoms with van der Waals surface area (Å²) in [5, 5.41) is -0.781. The maximum Gasteiger partial charge on any atom is 0.205 e. The molecule has 0 aliphatic heterocycles. The summed E-state index contributed by atoms with van der Waals surface area (Å²) >= 11 is 6.04. The van der Waals surface area contributed by atoms with E-state index in [2.05, 4.69) is 9.97 Å². The van der Waals surface area contributed by atoms with E-state index in [1.54, 1.807) is 48.8 Å². The average molecular weight is 233 g/mol. The minimum atomic E-state index is -0.781. The van der Waals surface area contributed by atoms with E-state index in [4.69, 9.17) is 11.6 Å². The van der Waals surface area contributed by atoms with E-state index in [1.807, 2.05) is 0 Å². The van der Waals surface area contributed by atoms with Crippen LogP contribution >= 0.6 is 11.6 Å². The first-order valence-electron chi connectivity index (χ1n) is 4.79. The number of rotatable bonds is 3. The molecule has 0 radical (unpaired) electrons. The monoisotopic (exact) mass is 232 g/mol. The van der Waals surface area contributed by atoms with Crippen molar-refractivity contribution in [1.29, 1.82) is 0 Å². The van der Waals surface area contributed by atoms with E-state index in [0.29, 0.717) is 11.4 Å². The largest absolute Gasteiger partial charge is 0.290 e. The number of alkyl halides is 1. The molecule has 2 aromatic rings. The van der Waals surface area contributed by atoms with E-state index in [-0.39, 0.29) is 5.78 Å². The highest BCUT2D eigenvalue weighted by Crippen LogP contribution is 2.21. The van der Waals surface area contributed by atoms with Gasteiger partial charge in [-0.25, -0.2) is 0 Å². The van der Waals surface area contributed by atoms with Crippen LogP contribution in [0.25, 0.3) is 0 Å². The van der Waals surface area contributed by atoms with E-state index in [9.17, 15) is 4.79 Å². The van der Waals surface area contributed by atoms with Crippen LogP contribution in [0.4, 0.5) is 0 Å². The lowest BCUT2D eigenvalue weighted by atomic mass is 10.1. The van der Waals surface area contributed by atoms with Gasteiger partial charge in [-0.05, 0) is 24.3 Å². The zero-order valence-corrected chi connectivity index (χ0v) is 9.13. The average Bonchev–Trinajstić information content (AvgIpc) is 2.39. The van der Waals surface area contributed by atoms with Crippen molar-refractivity contribution in [3.63, 3.8) is 0 Å². The van der Waals surface area contributed by atoms with Gasteiger partial charge in [0.2, 0.25) is 5.78 Å². The van der Waals surface area contributed by atoms with Crippen molar-refractivity contribution in [1.82, 2.24) is 9.97 Å². The second-order valence-corrected chi connectivity index (χ2v) is 3.63. The normalized spacial score (nSPS) is 12.1. The summed E-state index contributed by atoms with van der Waals surface area (Å²) in [5.41, 5.74) is 0.896. The van der Waals surface area contributed by atoms with Gasteiger partial charge in [-0.15, -0.1) is 11.6 Å². The molecule has 80 valence electrons. The number of carbonyl (C=O) groups excluding carboxylic acids is 1. The molecule has 0 N–H and O–H groups in total. The summed E-state index contributed by atoms with van der Waals surface area (Å²) in [6.45, 7) is 0. The van der Waals surface area contributed by atoms with Crippen LogP contribution in [0.2, 0.25) is 0 Å². The van der Waals surface area contributed by atoms with Crippen molar-refractivity contribution in [2.24, 2.45) is 0 Å². The van der Waals surface area contributed by atoms with Crippen molar-refractivity contribution in [2.45, 2.75) is 5.38 Å². The summed E-state index contributed by atoms with van der Waals surface area (Å²) in [5.74, 6) is -0.235. The van der Waals surface area contributed by atoms with Crippen LogP contribution in [0.5, 0.6) is 0 Å². The van der Waals surface area contributed by atoms with Crippen molar-refractivity contribution in [3.8, 4) is 0 Å². The number of hydrogen-bond donors (Lipinski definition) is 0. The predicted molar refractivity (Wildman–Crippen MR) is 61.4 cm³/mol. The summed E-state index contributed by atoms with van der Waals surface area (Å²) in [6, 6.07) is 10.4. The van der Waals surface area contributed by atoms with Gasteiger partial charge in [-0.1, -0.05) is 12.1 Å². The number of Topliss-reactive ketones (excluding diaryl/α,β-unsaturated/α-hetero) is 1. The summed E-state index contributed by atoms with van der Waals surface area (Å²) in [6.07, 6.45) is 3.17. The molecule has 1 unspecified atom stereocenters. The van der Waals surface area contributed by atoms with Gasteiger partial charge < -0.3 is 0 Å². The lowest BCUT2D eigenvalue weighted by molar-refractivity contribution is 0.0981. The van der Waals surface area contributed by atoms with Gasteiger partial charge in [-0.2, -0.15) is 0 Å². The topological polar surface area (TPSA) is 42.9 Å². The van der Waals surface area contributed by atoms with Crippen LogP contribution in [0.15, 0.2) is 48.8 Å². The molecule has 4 heteroatoms. The molecule has 2 rings (SSSR count). The fraction of sp³-hybridized carbons (Fsp3) is 0.0833.